The van der Waals surface area contributed by atoms with Crippen molar-refractivity contribution in [3.8, 4) is 11.1 Å². The first-order valence-electron chi connectivity index (χ1n) is 17.0. The lowest BCUT2D eigenvalue weighted by Crippen LogP contribution is -2.59. The van der Waals surface area contributed by atoms with Gasteiger partial charge >= 0.3 is 0 Å². The van der Waals surface area contributed by atoms with E-state index >= 15 is 4.39 Å². The summed E-state index contributed by atoms with van der Waals surface area (Å²) >= 11 is 0. The first kappa shape index (κ1) is 30.8. The highest BCUT2D eigenvalue weighted by Crippen LogP contribution is 2.36. The highest BCUT2D eigenvalue weighted by molar-refractivity contribution is 6.08. The first-order valence-corrected chi connectivity index (χ1v) is 17.0. The number of aryl methyl sites for hydroxylation is 1. The molecule has 4 aromatic rings. The summed E-state index contributed by atoms with van der Waals surface area (Å²) in [5.74, 6) is 0.360. The van der Waals surface area contributed by atoms with E-state index in [1.54, 1.807) is 28.9 Å². The Morgan fingerprint density at radius 1 is 1.00 bits per heavy atom. The number of nitrogens with one attached hydrogen (secondary N) is 1. The second-order valence-corrected chi connectivity index (χ2v) is 13.5. The van der Waals surface area contributed by atoms with Gasteiger partial charge in [0.15, 0.2) is 5.82 Å². The zero-order chi connectivity index (χ0) is 33.1. The van der Waals surface area contributed by atoms with Crippen LogP contribution in [-0.2, 0) is 31.2 Å². The number of nitrogens with zero attached hydrogens (tertiary/aromatic N) is 7. The van der Waals surface area contributed by atoms with Crippen molar-refractivity contribution in [2.75, 3.05) is 54.5 Å². The number of fused-ring (bicyclic) bond motifs is 3. The van der Waals surface area contributed by atoms with Gasteiger partial charge < -0.3 is 24.1 Å². The van der Waals surface area contributed by atoms with Crippen LogP contribution in [0, 0.1) is 12.7 Å². The fourth-order valence-corrected chi connectivity index (χ4v) is 7.86. The number of carbonyl (C=O) groups is 1. The van der Waals surface area contributed by atoms with Crippen molar-refractivity contribution < 1.29 is 13.9 Å². The van der Waals surface area contributed by atoms with Crippen LogP contribution in [0.5, 0.6) is 0 Å². The lowest BCUT2D eigenvalue weighted by Gasteiger charge is -2.46. The minimum Gasteiger partial charge on any atom is -0.378 e. The number of hydrogen-bond donors (Lipinski definition) is 1. The molecule has 8 heterocycles. The molecule has 0 spiro atoms. The van der Waals surface area contributed by atoms with E-state index < -0.39 is 0 Å². The maximum absolute atomic E-state index is 15.5. The molecule has 1 atom stereocenters. The summed E-state index contributed by atoms with van der Waals surface area (Å²) in [6, 6.07) is 8.54. The van der Waals surface area contributed by atoms with E-state index in [0.29, 0.717) is 54.5 Å². The third-order valence-corrected chi connectivity index (χ3v) is 10.6. The average Bonchev–Trinajstić information content (AvgIpc) is 3.35. The van der Waals surface area contributed by atoms with Gasteiger partial charge in [0.25, 0.3) is 11.5 Å². The standard InChI is InChI=1S/C36H41FN8O3/c1-22-18-42(26-20-48-21-26)14-15-43(22)25-7-8-31(39-17-25)40-28-16-24(19-41(3)35(28)46)27-9-11-38-34(23(27)2)45-13-10-29-32(36(45)47)33(37)30-6-4-5-12-44(29)30/h7-9,11,16-17,19,22,26H,4-6,10,12-15,18,20-21H2,1-3H3,(H,39,40)/t22-/m0/s1. The normalized spacial score (nSPS) is 20.0. The van der Waals surface area contributed by atoms with Crippen LogP contribution in [0.25, 0.3) is 11.1 Å². The number of ether oxygens (including phenoxy) is 1. The molecular weight excluding hydrogens is 611 g/mol. The van der Waals surface area contributed by atoms with Gasteiger partial charge in [-0.25, -0.2) is 14.4 Å². The Labute approximate surface area is 279 Å². The Morgan fingerprint density at radius 2 is 1.85 bits per heavy atom. The Hall–Kier alpha value is -4.55. The molecular formula is C36H41FN8O3. The predicted octanol–water partition coefficient (Wildman–Crippen LogP) is 4.28. The molecule has 2 fully saturated rings. The Morgan fingerprint density at radius 3 is 2.60 bits per heavy atom. The van der Waals surface area contributed by atoms with Crippen LogP contribution in [0.2, 0.25) is 0 Å². The van der Waals surface area contributed by atoms with Gasteiger partial charge in [-0.05, 0) is 68.5 Å². The zero-order valence-corrected chi connectivity index (χ0v) is 27.7. The summed E-state index contributed by atoms with van der Waals surface area (Å²) in [6.07, 6.45) is 8.49. The van der Waals surface area contributed by atoms with Crippen LogP contribution in [0.15, 0.2) is 47.7 Å². The van der Waals surface area contributed by atoms with Gasteiger partial charge in [-0.15, -0.1) is 0 Å². The molecule has 11 nitrogen and oxygen atoms in total. The molecule has 8 rings (SSSR count). The zero-order valence-electron chi connectivity index (χ0n) is 27.7. The SMILES string of the molecule is Cc1c(-c2cc(Nc3ccc(N4CCN(C5COC5)C[C@@H]4C)cn3)c(=O)n(C)c2)ccnc1N1CCc2c(c(F)c3n2CCCC3)C1=O. The number of aromatic nitrogens is 4. The van der Waals surface area contributed by atoms with Crippen LogP contribution in [0.3, 0.4) is 0 Å². The van der Waals surface area contributed by atoms with E-state index in [2.05, 4.69) is 32.0 Å². The molecule has 0 bridgehead atoms. The number of anilines is 4. The first-order chi connectivity index (χ1) is 23.3. The maximum atomic E-state index is 15.5. The van der Waals surface area contributed by atoms with Crippen LogP contribution < -0.4 is 20.7 Å². The Kier molecular flexibility index (Phi) is 7.79. The summed E-state index contributed by atoms with van der Waals surface area (Å²) in [6.45, 7) is 9.91. The molecule has 48 heavy (non-hydrogen) atoms. The van der Waals surface area contributed by atoms with Crippen molar-refractivity contribution in [1.82, 2.24) is 24.0 Å². The van der Waals surface area contributed by atoms with E-state index in [1.807, 2.05) is 42.0 Å². The van der Waals surface area contributed by atoms with Crippen molar-refractivity contribution in [2.24, 2.45) is 7.05 Å². The number of halogens is 1. The van der Waals surface area contributed by atoms with E-state index in [-0.39, 0.29) is 22.8 Å². The molecule has 0 saturated carbocycles. The van der Waals surface area contributed by atoms with Crippen molar-refractivity contribution in [1.29, 1.82) is 0 Å². The van der Waals surface area contributed by atoms with E-state index in [1.165, 1.54) is 0 Å². The topological polar surface area (TPSA) is 101 Å². The van der Waals surface area contributed by atoms with Crippen LogP contribution in [-0.4, -0.2) is 81.4 Å². The van der Waals surface area contributed by atoms with Crippen LogP contribution in [0.4, 0.5) is 27.4 Å². The number of rotatable bonds is 6. The fraction of sp³-hybridized carbons (Fsp3) is 0.444. The van der Waals surface area contributed by atoms with E-state index in [9.17, 15) is 9.59 Å². The lowest BCUT2D eigenvalue weighted by molar-refractivity contribution is -0.0691. The number of carbonyl (C=O) groups excluding carboxylic acids is 1. The number of hydrogen-bond acceptors (Lipinski definition) is 8. The molecule has 12 heteroatoms. The van der Waals surface area contributed by atoms with Crippen LogP contribution in [0.1, 0.15) is 47.1 Å². The maximum Gasteiger partial charge on any atom is 0.274 e. The van der Waals surface area contributed by atoms with Crippen molar-refractivity contribution >= 4 is 28.9 Å². The highest BCUT2D eigenvalue weighted by atomic mass is 19.1. The van der Waals surface area contributed by atoms with Gasteiger partial charge in [0.1, 0.15) is 17.3 Å². The summed E-state index contributed by atoms with van der Waals surface area (Å²) in [5.41, 5.74) is 5.31. The molecule has 4 aliphatic heterocycles. The Bertz CT molecular complexity index is 1950. The Balaban J connectivity index is 1.03. The van der Waals surface area contributed by atoms with Crippen molar-refractivity contribution in [2.45, 2.75) is 58.2 Å². The molecule has 4 aromatic heterocycles. The molecule has 2 saturated heterocycles. The molecule has 250 valence electrons. The minimum atomic E-state index is -0.375. The molecule has 1 amide bonds. The monoisotopic (exact) mass is 652 g/mol. The van der Waals surface area contributed by atoms with E-state index in [4.69, 9.17) is 4.74 Å². The number of pyridine rings is 3. The van der Waals surface area contributed by atoms with Gasteiger partial charge in [-0.1, -0.05) is 0 Å². The summed E-state index contributed by atoms with van der Waals surface area (Å²) in [7, 11) is 1.72. The van der Waals surface area contributed by atoms with Crippen molar-refractivity contribution in [3.63, 3.8) is 0 Å². The highest BCUT2D eigenvalue weighted by Gasteiger charge is 2.37. The number of piperazine rings is 1. The van der Waals surface area contributed by atoms with Gasteiger partial charge in [0, 0.05) is 75.9 Å². The molecule has 4 aliphatic rings. The van der Waals surface area contributed by atoms with E-state index in [0.717, 1.165) is 80.3 Å². The van der Waals surface area contributed by atoms with Gasteiger partial charge in [0.2, 0.25) is 0 Å². The second-order valence-electron chi connectivity index (χ2n) is 13.5. The molecule has 1 N–H and O–H groups in total. The molecule has 0 aliphatic carbocycles. The minimum absolute atomic E-state index is 0.187. The summed E-state index contributed by atoms with van der Waals surface area (Å²) in [5, 5.41) is 3.24. The second kappa shape index (κ2) is 12.2. The average molecular weight is 653 g/mol. The lowest BCUT2D eigenvalue weighted by atomic mass is 10.0. The quantitative estimate of drug-likeness (QED) is 0.330. The fourth-order valence-electron chi connectivity index (χ4n) is 7.86. The van der Waals surface area contributed by atoms with Gasteiger partial charge in [0.05, 0.1) is 42.4 Å². The van der Waals surface area contributed by atoms with Crippen LogP contribution >= 0.6 is 0 Å². The van der Waals surface area contributed by atoms with Gasteiger partial charge in [-0.3, -0.25) is 19.4 Å². The van der Waals surface area contributed by atoms with Crippen molar-refractivity contribution in [3.05, 3.63) is 81.5 Å². The smallest absolute Gasteiger partial charge is 0.274 e. The largest absolute Gasteiger partial charge is 0.378 e. The van der Waals surface area contributed by atoms with Gasteiger partial charge in [-0.2, -0.15) is 0 Å². The third-order valence-electron chi connectivity index (χ3n) is 10.6. The number of amides is 1. The summed E-state index contributed by atoms with van der Waals surface area (Å²) in [4.78, 5) is 42.8. The molecule has 0 unspecified atom stereocenters. The predicted molar refractivity (Wildman–Crippen MR) is 183 cm³/mol. The molecule has 0 aromatic carbocycles. The third kappa shape index (κ3) is 5.18. The summed E-state index contributed by atoms with van der Waals surface area (Å²) < 4.78 is 24.5. The molecule has 0 radical (unpaired) electrons.